The summed E-state index contributed by atoms with van der Waals surface area (Å²) >= 11 is 0. The Balaban J connectivity index is 2.48. The zero-order chi connectivity index (χ0) is 22.3. The van der Waals surface area contributed by atoms with Gasteiger partial charge in [-0.3, -0.25) is 0 Å². The fourth-order valence-electron chi connectivity index (χ4n) is 3.93. The number of nitrogens with zero attached hydrogens (tertiary/aromatic N) is 4. The number of hydrogen-bond donors (Lipinski definition) is 1. The lowest BCUT2D eigenvalue weighted by Gasteiger charge is -2.43. The summed E-state index contributed by atoms with van der Waals surface area (Å²) in [5.74, 6) is -0.713. The zero-order valence-electron chi connectivity index (χ0n) is 17.4. The summed E-state index contributed by atoms with van der Waals surface area (Å²) < 4.78 is 4.98. The van der Waals surface area contributed by atoms with Gasteiger partial charge in [-0.25, -0.2) is 9.80 Å². The molecule has 0 aliphatic heterocycles. The summed E-state index contributed by atoms with van der Waals surface area (Å²) in [5, 5.41) is 15.9. The van der Waals surface area contributed by atoms with Crippen molar-refractivity contribution in [3.05, 3.63) is 118 Å². The summed E-state index contributed by atoms with van der Waals surface area (Å²) in [6.45, 7) is 1.47. The van der Waals surface area contributed by atoms with E-state index in [1.165, 1.54) is 19.0 Å². The van der Waals surface area contributed by atoms with Crippen molar-refractivity contribution in [1.82, 2.24) is 5.01 Å². The van der Waals surface area contributed by atoms with Crippen molar-refractivity contribution in [3.63, 3.8) is 0 Å². The van der Waals surface area contributed by atoms with Crippen LogP contribution in [-0.2, 0) is 15.1 Å². The molecular formula is C24H24N4O3. The van der Waals surface area contributed by atoms with Gasteiger partial charge in [0.05, 0.1) is 7.11 Å². The molecule has 0 heterocycles. The predicted molar refractivity (Wildman–Crippen MR) is 118 cm³/mol. The largest absolute Gasteiger partial charge is 0.466 e. The number of hydrogen-bond acceptors (Lipinski definition) is 4. The molecule has 0 amide bonds. The van der Waals surface area contributed by atoms with Gasteiger partial charge in [0, 0.05) is 16.7 Å². The average molecular weight is 416 g/mol. The molecule has 0 saturated heterocycles. The van der Waals surface area contributed by atoms with Crippen LogP contribution in [-0.4, -0.2) is 35.3 Å². The Morgan fingerprint density at radius 2 is 1.32 bits per heavy atom. The molecule has 3 aromatic carbocycles. The first-order valence-electron chi connectivity index (χ1n) is 9.84. The van der Waals surface area contributed by atoms with Crippen molar-refractivity contribution in [3.8, 4) is 0 Å². The number of aliphatic hydroxyl groups is 1. The highest BCUT2D eigenvalue weighted by molar-refractivity contribution is 5.77. The first-order chi connectivity index (χ1) is 15.1. The van der Waals surface area contributed by atoms with Gasteiger partial charge in [-0.2, -0.15) is 4.91 Å². The molecule has 0 aliphatic carbocycles. The van der Waals surface area contributed by atoms with E-state index in [9.17, 15) is 15.4 Å². The van der Waals surface area contributed by atoms with Crippen LogP contribution in [0.1, 0.15) is 23.6 Å². The number of methoxy groups -OCH3 is 1. The molecule has 7 heteroatoms. The molecule has 1 N–H and O–H groups in total. The van der Waals surface area contributed by atoms with E-state index in [1.807, 2.05) is 91.0 Å². The Labute approximate surface area is 181 Å². The molecule has 0 saturated carbocycles. The van der Waals surface area contributed by atoms with Crippen molar-refractivity contribution in [2.75, 3.05) is 7.11 Å². The number of rotatable bonds is 8. The Hall–Kier alpha value is -3.80. The molecule has 0 spiro atoms. The van der Waals surface area contributed by atoms with Crippen LogP contribution in [0, 0.1) is 0 Å². The predicted octanol–water partition coefficient (Wildman–Crippen LogP) is 4.43. The normalized spacial score (nSPS) is 12.9. The minimum absolute atomic E-state index is 0.713. The standard InChI is InChI=1S/C24H24N4O3/c1-18(29)22(23(30)31-2)28(27-26-25)24(19-12-6-3-7-13-19,20-14-8-4-9-15-20)21-16-10-5-11-17-21/h3-18,22,29H,1-2H3. The smallest absolute Gasteiger partial charge is 0.354 e. The minimum Gasteiger partial charge on any atom is -0.466 e. The molecular weight excluding hydrogens is 392 g/mol. The number of carbonyl (C=O) groups excluding carboxylic acids is 1. The number of azide groups is 1. The van der Waals surface area contributed by atoms with Gasteiger partial charge in [-0.05, 0) is 12.1 Å². The van der Waals surface area contributed by atoms with Crippen LogP contribution in [0.15, 0.2) is 96.2 Å². The third kappa shape index (κ3) is 4.10. The summed E-state index contributed by atoms with van der Waals surface area (Å²) in [7, 11) is 1.24. The Bertz CT molecular complexity index is 940. The van der Waals surface area contributed by atoms with Gasteiger partial charge >= 0.3 is 5.97 Å². The van der Waals surface area contributed by atoms with E-state index in [0.29, 0.717) is 0 Å². The topological polar surface area (TPSA) is 98.5 Å². The van der Waals surface area contributed by atoms with Crippen molar-refractivity contribution in [2.24, 2.45) is 5.22 Å². The highest BCUT2D eigenvalue weighted by Crippen LogP contribution is 2.44. The fraction of sp³-hybridized carbons (Fsp3) is 0.208. The van der Waals surface area contributed by atoms with E-state index < -0.39 is 23.7 Å². The van der Waals surface area contributed by atoms with Gasteiger partial charge in [0.25, 0.3) is 0 Å². The van der Waals surface area contributed by atoms with E-state index in [4.69, 9.17) is 4.74 Å². The van der Waals surface area contributed by atoms with Crippen LogP contribution in [0.25, 0.3) is 10.4 Å². The maximum Gasteiger partial charge on any atom is 0.354 e. The van der Waals surface area contributed by atoms with Gasteiger partial charge in [-0.15, -0.1) is 5.53 Å². The summed E-state index contributed by atoms with van der Waals surface area (Å²) in [5.41, 5.74) is 10.6. The lowest BCUT2D eigenvalue weighted by atomic mass is 9.75. The number of benzene rings is 3. The van der Waals surface area contributed by atoms with Crippen molar-refractivity contribution < 1.29 is 14.6 Å². The average Bonchev–Trinajstić information content (AvgIpc) is 2.81. The fourth-order valence-corrected chi connectivity index (χ4v) is 3.93. The second-order valence-electron chi connectivity index (χ2n) is 7.04. The maximum absolute atomic E-state index is 12.8. The molecule has 2 unspecified atom stereocenters. The van der Waals surface area contributed by atoms with E-state index in [0.717, 1.165) is 16.7 Å². The summed E-state index contributed by atoms with van der Waals surface area (Å²) in [6.07, 6.45) is -1.19. The van der Waals surface area contributed by atoms with Crippen LogP contribution in [0.3, 0.4) is 0 Å². The van der Waals surface area contributed by atoms with Crippen LogP contribution in [0.5, 0.6) is 0 Å². The lowest BCUT2D eigenvalue weighted by molar-refractivity contribution is -0.154. The highest BCUT2D eigenvalue weighted by Gasteiger charge is 2.52. The van der Waals surface area contributed by atoms with Gasteiger partial charge in [0.1, 0.15) is 6.10 Å². The highest BCUT2D eigenvalue weighted by atomic mass is 16.5. The molecule has 2 atom stereocenters. The molecule has 0 fully saturated rings. The molecule has 0 radical (unpaired) electrons. The minimum atomic E-state index is -1.26. The van der Waals surface area contributed by atoms with Gasteiger partial charge in [0.15, 0.2) is 5.54 Å². The Morgan fingerprint density at radius 1 is 0.935 bits per heavy atom. The van der Waals surface area contributed by atoms with Crippen LogP contribution in [0.2, 0.25) is 0 Å². The first-order valence-corrected chi connectivity index (χ1v) is 9.84. The van der Waals surface area contributed by atoms with E-state index in [1.54, 1.807) is 0 Å². The van der Waals surface area contributed by atoms with Crippen molar-refractivity contribution in [1.29, 1.82) is 0 Å². The molecule has 158 valence electrons. The van der Waals surface area contributed by atoms with Gasteiger partial charge in [0.2, 0.25) is 6.04 Å². The second kappa shape index (κ2) is 9.80. The van der Waals surface area contributed by atoms with Crippen molar-refractivity contribution >= 4 is 5.97 Å². The summed E-state index contributed by atoms with van der Waals surface area (Å²) in [4.78, 5) is 15.8. The summed E-state index contributed by atoms with van der Waals surface area (Å²) in [6, 6.07) is 27.0. The second-order valence-corrected chi connectivity index (χ2v) is 7.04. The van der Waals surface area contributed by atoms with Gasteiger partial charge in [-0.1, -0.05) is 91.0 Å². The first kappa shape index (κ1) is 21.9. The number of ether oxygens (including phenoxy) is 1. The van der Waals surface area contributed by atoms with Crippen LogP contribution >= 0.6 is 0 Å². The molecule has 3 rings (SSSR count). The monoisotopic (exact) mass is 416 g/mol. The number of carbonyl (C=O) groups is 1. The number of aliphatic hydroxyl groups excluding tert-OH is 1. The van der Waals surface area contributed by atoms with E-state index in [2.05, 4.69) is 10.1 Å². The molecule has 7 nitrogen and oxygen atoms in total. The third-order valence-electron chi connectivity index (χ3n) is 5.22. The van der Waals surface area contributed by atoms with Gasteiger partial charge < -0.3 is 9.84 Å². The molecule has 0 bridgehead atoms. The van der Waals surface area contributed by atoms with Crippen molar-refractivity contribution in [2.45, 2.75) is 24.6 Å². The number of esters is 1. The maximum atomic E-state index is 12.8. The third-order valence-corrected chi connectivity index (χ3v) is 5.22. The SMILES string of the molecule is COC(=O)C(C(C)O)N(N=[N+]=[N-])C(c1ccccc1)(c1ccccc1)c1ccccc1. The van der Waals surface area contributed by atoms with E-state index in [-0.39, 0.29) is 0 Å². The zero-order valence-corrected chi connectivity index (χ0v) is 17.4. The van der Waals surface area contributed by atoms with Crippen LogP contribution < -0.4 is 0 Å². The molecule has 31 heavy (non-hydrogen) atoms. The molecule has 3 aromatic rings. The Morgan fingerprint density at radius 3 is 1.61 bits per heavy atom. The van der Waals surface area contributed by atoms with E-state index >= 15 is 0 Å². The lowest BCUT2D eigenvalue weighted by Crippen LogP contribution is -2.56. The molecule has 0 aromatic heterocycles. The van der Waals surface area contributed by atoms with Crippen LogP contribution in [0.4, 0.5) is 0 Å². The Kier molecular flexibility index (Phi) is 6.92. The molecule has 0 aliphatic rings. The quantitative estimate of drug-likeness (QED) is 0.147.